The van der Waals surface area contributed by atoms with Gasteiger partial charge in [-0.3, -0.25) is 9.69 Å². The van der Waals surface area contributed by atoms with E-state index in [9.17, 15) is 9.59 Å². The first-order chi connectivity index (χ1) is 11.4. The van der Waals surface area contributed by atoms with Crippen LogP contribution in [0.5, 0.6) is 5.75 Å². The monoisotopic (exact) mass is 330 g/mol. The van der Waals surface area contributed by atoms with Gasteiger partial charge in [-0.25, -0.2) is 4.79 Å². The number of imide groups is 1. The van der Waals surface area contributed by atoms with Gasteiger partial charge in [-0.15, -0.1) is 0 Å². The maximum Gasteiger partial charge on any atom is 0.327 e. The SMILES string of the molecule is COc1ccc(CN2C(=O)N(C)C(C)(C3CCCC3C)C2=O)cc1. The lowest BCUT2D eigenvalue weighted by Crippen LogP contribution is -2.52. The highest BCUT2D eigenvalue weighted by molar-refractivity contribution is 6.06. The fourth-order valence-corrected chi connectivity index (χ4v) is 4.32. The molecule has 1 saturated carbocycles. The van der Waals surface area contributed by atoms with Gasteiger partial charge in [-0.05, 0) is 42.9 Å². The van der Waals surface area contributed by atoms with Crippen molar-refractivity contribution in [3.63, 3.8) is 0 Å². The maximum atomic E-state index is 13.1. The fourth-order valence-electron chi connectivity index (χ4n) is 4.32. The number of urea groups is 1. The average Bonchev–Trinajstić information content (AvgIpc) is 3.09. The second-order valence-corrected chi connectivity index (χ2v) is 7.24. The molecule has 24 heavy (non-hydrogen) atoms. The molecule has 130 valence electrons. The molecule has 2 fully saturated rings. The average molecular weight is 330 g/mol. The van der Waals surface area contributed by atoms with Gasteiger partial charge in [0.2, 0.25) is 0 Å². The molecule has 3 rings (SSSR count). The Hall–Kier alpha value is -2.04. The van der Waals surface area contributed by atoms with E-state index in [0.29, 0.717) is 12.5 Å². The number of amides is 3. The Morgan fingerprint density at radius 3 is 2.42 bits per heavy atom. The molecule has 5 nitrogen and oxygen atoms in total. The number of rotatable bonds is 4. The number of hydrogen-bond donors (Lipinski definition) is 0. The minimum absolute atomic E-state index is 0.0652. The van der Waals surface area contributed by atoms with E-state index in [1.54, 1.807) is 19.1 Å². The zero-order valence-electron chi connectivity index (χ0n) is 14.9. The molecule has 0 N–H and O–H groups in total. The van der Waals surface area contributed by atoms with Crippen molar-refractivity contribution >= 4 is 11.9 Å². The molecule has 5 heteroatoms. The van der Waals surface area contributed by atoms with Crippen LogP contribution in [0.3, 0.4) is 0 Å². The molecule has 3 amide bonds. The van der Waals surface area contributed by atoms with E-state index in [4.69, 9.17) is 4.74 Å². The highest BCUT2D eigenvalue weighted by Gasteiger charge is 2.58. The lowest BCUT2D eigenvalue weighted by Gasteiger charge is -2.36. The Labute approximate surface area is 143 Å². The van der Waals surface area contributed by atoms with Gasteiger partial charge in [0.25, 0.3) is 5.91 Å². The van der Waals surface area contributed by atoms with Crippen molar-refractivity contribution in [1.29, 1.82) is 0 Å². The van der Waals surface area contributed by atoms with E-state index >= 15 is 0 Å². The number of benzene rings is 1. The van der Waals surface area contributed by atoms with Crippen molar-refractivity contribution in [2.24, 2.45) is 11.8 Å². The predicted octanol–water partition coefficient (Wildman–Crippen LogP) is 3.28. The van der Waals surface area contributed by atoms with Crippen LogP contribution in [0.15, 0.2) is 24.3 Å². The van der Waals surface area contributed by atoms with Crippen LogP contribution in [0.2, 0.25) is 0 Å². The van der Waals surface area contributed by atoms with E-state index in [1.807, 2.05) is 31.2 Å². The molecule has 1 aromatic carbocycles. The van der Waals surface area contributed by atoms with Crippen LogP contribution in [0.4, 0.5) is 4.79 Å². The number of ether oxygens (including phenoxy) is 1. The van der Waals surface area contributed by atoms with Crippen molar-refractivity contribution in [2.45, 2.75) is 45.2 Å². The minimum atomic E-state index is -0.723. The van der Waals surface area contributed by atoms with Gasteiger partial charge in [0.1, 0.15) is 11.3 Å². The zero-order chi connectivity index (χ0) is 17.5. The standard InChI is InChI=1S/C19H26N2O3/c1-13-6-5-7-16(13)19(2)17(22)21(18(23)20(19)3)12-14-8-10-15(24-4)11-9-14/h8-11,13,16H,5-7,12H2,1-4H3. The lowest BCUT2D eigenvalue weighted by atomic mass is 9.78. The van der Waals surface area contributed by atoms with Crippen LogP contribution < -0.4 is 4.74 Å². The Morgan fingerprint density at radius 2 is 1.88 bits per heavy atom. The smallest absolute Gasteiger partial charge is 0.327 e. The molecular weight excluding hydrogens is 304 g/mol. The van der Waals surface area contributed by atoms with Crippen LogP contribution in [-0.4, -0.2) is 41.4 Å². The Morgan fingerprint density at radius 1 is 1.21 bits per heavy atom. The molecule has 1 aliphatic carbocycles. The second-order valence-electron chi connectivity index (χ2n) is 7.24. The predicted molar refractivity (Wildman–Crippen MR) is 91.6 cm³/mol. The topological polar surface area (TPSA) is 49.9 Å². The van der Waals surface area contributed by atoms with E-state index < -0.39 is 5.54 Å². The summed E-state index contributed by atoms with van der Waals surface area (Å²) < 4.78 is 5.16. The van der Waals surface area contributed by atoms with Crippen LogP contribution in [0.1, 0.15) is 38.7 Å². The summed E-state index contributed by atoms with van der Waals surface area (Å²) in [5.74, 6) is 1.40. The second kappa shape index (κ2) is 6.11. The number of carbonyl (C=O) groups is 2. The third kappa shape index (κ3) is 2.46. The lowest BCUT2D eigenvalue weighted by molar-refractivity contribution is -0.135. The molecule has 0 aromatic heterocycles. The van der Waals surface area contributed by atoms with E-state index in [2.05, 4.69) is 6.92 Å². The highest BCUT2D eigenvalue weighted by Crippen LogP contribution is 2.45. The first kappa shape index (κ1) is 16.8. The summed E-state index contributed by atoms with van der Waals surface area (Å²) in [4.78, 5) is 28.9. The number of carbonyl (C=O) groups excluding carboxylic acids is 2. The molecule has 1 aromatic rings. The fraction of sp³-hybridized carbons (Fsp3) is 0.579. The molecular formula is C19H26N2O3. The Kier molecular flexibility index (Phi) is 4.28. The van der Waals surface area contributed by atoms with Gasteiger partial charge in [0.15, 0.2) is 0 Å². The summed E-state index contributed by atoms with van der Waals surface area (Å²) in [6.07, 6.45) is 3.28. The number of likely N-dealkylation sites (N-methyl/N-ethyl adjacent to an activating group) is 1. The molecule has 0 bridgehead atoms. The van der Waals surface area contributed by atoms with Crippen molar-refractivity contribution in [1.82, 2.24) is 9.80 Å². The first-order valence-electron chi connectivity index (χ1n) is 8.62. The van der Waals surface area contributed by atoms with Gasteiger partial charge < -0.3 is 9.64 Å². The minimum Gasteiger partial charge on any atom is -0.497 e. The summed E-state index contributed by atoms with van der Waals surface area (Å²) in [5, 5.41) is 0. The van der Waals surface area contributed by atoms with Gasteiger partial charge in [-0.1, -0.05) is 31.9 Å². The van der Waals surface area contributed by atoms with E-state index in [1.165, 1.54) is 4.90 Å². The normalized spacial score (nSPS) is 30.3. The summed E-state index contributed by atoms with van der Waals surface area (Å²) in [5.41, 5.74) is 0.203. The molecule has 3 atom stereocenters. The molecule has 1 heterocycles. The van der Waals surface area contributed by atoms with E-state index in [-0.39, 0.29) is 17.9 Å². The largest absolute Gasteiger partial charge is 0.497 e. The molecule has 1 saturated heterocycles. The van der Waals surface area contributed by atoms with Crippen LogP contribution in [0, 0.1) is 11.8 Å². The third-order valence-electron chi connectivity index (χ3n) is 5.98. The van der Waals surface area contributed by atoms with Gasteiger partial charge in [0.05, 0.1) is 13.7 Å². The Balaban J connectivity index is 1.84. The first-order valence-corrected chi connectivity index (χ1v) is 8.62. The van der Waals surface area contributed by atoms with Crippen molar-refractivity contribution in [2.75, 3.05) is 14.2 Å². The van der Waals surface area contributed by atoms with Crippen LogP contribution in [0.25, 0.3) is 0 Å². The zero-order valence-corrected chi connectivity index (χ0v) is 14.9. The summed E-state index contributed by atoms with van der Waals surface area (Å²) in [7, 11) is 3.38. The maximum absolute atomic E-state index is 13.1. The van der Waals surface area contributed by atoms with Crippen LogP contribution >= 0.6 is 0 Å². The molecule has 0 spiro atoms. The number of methoxy groups -OCH3 is 1. The summed E-state index contributed by atoms with van der Waals surface area (Å²) >= 11 is 0. The van der Waals surface area contributed by atoms with Crippen molar-refractivity contribution < 1.29 is 14.3 Å². The highest BCUT2D eigenvalue weighted by atomic mass is 16.5. The van der Waals surface area contributed by atoms with Crippen LogP contribution in [-0.2, 0) is 11.3 Å². The van der Waals surface area contributed by atoms with Gasteiger partial charge in [0, 0.05) is 7.05 Å². The third-order valence-corrected chi connectivity index (χ3v) is 5.98. The summed E-state index contributed by atoms with van der Waals surface area (Å²) in [6.45, 7) is 4.44. The van der Waals surface area contributed by atoms with Crippen molar-refractivity contribution in [3.8, 4) is 5.75 Å². The number of nitrogens with zero attached hydrogens (tertiary/aromatic N) is 2. The Bertz CT molecular complexity index is 643. The van der Waals surface area contributed by atoms with Crippen molar-refractivity contribution in [3.05, 3.63) is 29.8 Å². The molecule has 2 aliphatic rings. The van der Waals surface area contributed by atoms with Gasteiger partial charge in [-0.2, -0.15) is 0 Å². The molecule has 1 aliphatic heterocycles. The molecule has 3 unspecified atom stereocenters. The molecule has 0 radical (unpaired) electrons. The van der Waals surface area contributed by atoms with Gasteiger partial charge >= 0.3 is 6.03 Å². The summed E-state index contributed by atoms with van der Waals surface area (Å²) in [6, 6.07) is 7.29. The number of hydrogen-bond acceptors (Lipinski definition) is 3. The van der Waals surface area contributed by atoms with E-state index in [0.717, 1.165) is 30.6 Å². The quantitative estimate of drug-likeness (QED) is 0.796.